The number of amides is 1. The van der Waals surface area contributed by atoms with Gasteiger partial charge in [0.25, 0.3) is 0 Å². The molecule has 0 radical (unpaired) electrons. The van der Waals surface area contributed by atoms with Gasteiger partial charge in [-0.15, -0.1) is 0 Å². The number of aliphatic hydroxyl groups is 1. The molecule has 2 heterocycles. The highest BCUT2D eigenvalue weighted by Crippen LogP contribution is 2.33. The van der Waals surface area contributed by atoms with Gasteiger partial charge in [-0.25, -0.2) is 9.97 Å². The summed E-state index contributed by atoms with van der Waals surface area (Å²) in [5.41, 5.74) is -0.415. The highest BCUT2D eigenvalue weighted by atomic mass is 19.4. The molecule has 1 unspecified atom stereocenters. The van der Waals surface area contributed by atoms with Gasteiger partial charge in [0.2, 0.25) is 5.91 Å². The molecule has 7 nitrogen and oxygen atoms in total. The maximum Gasteiger partial charge on any atom is 0.416 e. The van der Waals surface area contributed by atoms with Crippen molar-refractivity contribution in [2.24, 2.45) is 5.92 Å². The van der Waals surface area contributed by atoms with Gasteiger partial charge in [-0.1, -0.05) is 6.92 Å². The molecule has 1 aliphatic carbocycles. The average molecular weight is 466 g/mol. The Hall–Kier alpha value is -2.46. The molecule has 1 amide bonds. The number of aliphatic hydroxyl groups excluding tert-OH is 1. The minimum absolute atomic E-state index is 0.0669. The Kier molecular flexibility index (Phi) is 7.04. The quantitative estimate of drug-likeness (QED) is 0.582. The summed E-state index contributed by atoms with van der Waals surface area (Å²) in [5.74, 6) is 0.370. The van der Waals surface area contributed by atoms with Gasteiger partial charge < -0.3 is 15.7 Å². The van der Waals surface area contributed by atoms with Crippen molar-refractivity contribution in [2.45, 2.75) is 63.4 Å². The lowest BCUT2D eigenvalue weighted by Gasteiger charge is -2.47. The number of nitrogens with zero attached hydrogens (tertiary/aromatic N) is 3. The van der Waals surface area contributed by atoms with Crippen LogP contribution in [0.3, 0.4) is 0 Å². The van der Waals surface area contributed by atoms with E-state index in [1.807, 2.05) is 6.92 Å². The highest BCUT2D eigenvalue weighted by molar-refractivity contribution is 5.91. The van der Waals surface area contributed by atoms with Gasteiger partial charge in [0.1, 0.15) is 12.1 Å². The van der Waals surface area contributed by atoms with Crippen LogP contribution in [0.25, 0.3) is 10.9 Å². The number of hydrogen-bond donors (Lipinski definition) is 3. The van der Waals surface area contributed by atoms with Crippen molar-refractivity contribution in [3.8, 4) is 0 Å². The zero-order valence-electron chi connectivity index (χ0n) is 18.6. The number of rotatable bonds is 7. The predicted molar refractivity (Wildman–Crippen MR) is 119 cm³/mol. The minimum atomic E-state index is -4.47. The van der Waals surface area contributed by atoms with Crippen LogP contribution in [-0.4, -0.2) is 63.7 Å². The fourth-order valence-electron chi connectivity index (χ4n) is 4.90. The zero-order valence-corrected chi connectivity index (χ0v) is 18.6. The standard InChI is InChI=1S/C23H30F3N5O2/c1-2-20(32)14-3-6-17(7-4-14)31-11-16(12-31)30-21(33)10-27-22-18-9-15(23(24,25)26)5-8-19(18)28-13-29-22/h5,8-9,13-14,16-17,20,32H,2-4,6-7,10-12H2,1H3,(H,30,33)(H,27,28,29). The lowest BCUT2D eigenvalue weighted by molar-refractivity contribution is -0.137. The van der Waals surface area contributed by atoms with Crippen molar-refractivity contribution in [3.05, 3.63) is 30.1 Å². The van der Waals surface area contributed by atoms with E-state index in [-0.39, 0.29) is 35.8 Å². The molecule has 180 valence electrons. The van der Waals surface area contributed by atoms with Gasteiger partial charge in [0.15, 0.2) is 0 Å². The molecule has 1 saturated carbocycles. The number of anilines is 1. The van der Waals surface area contributed by atoms with E-state index in [2.05, 4.69) is 25.5 Å². The number of carbonyl (C=O) groups excluding carboxylic acids is 1. The van der Waals surface area contributed by atoms with Crippen LogP contribution in [0, 0.1) is 5.92 Å². The number of carbonyl (C=O) groups is 1. The van der Waals surface area contributed by atoms with Crippen molar-refractivity contribution in [3.63, 3.8) is 0 Å². The van der Waals surface area contributed by atoms with Crippen LogP contribution in [0.15, 0.2) is 24.5 Å². The summed E-state index contributed by atoms with van der Waals surface area (Å²) in [6.07, 6.45) is 1.62. The van der Waals surface area contributed by atoms with Crippen LogP contribution < -0.4 is 10.6 Å². The zero-order chi connectivity index (χ0) is 23.6. The maximum atomic E-state index is 13.0. The first-order valence-corrected chi connectivity index (χ1v) is 11.5. The maximum absolute atomic E-state index is 13.0. The van der Waals surface area contributed by atoms with Gasteiger partial charge in [-0.3, -0.25) is 9.69 Å². The Bertz CT molecular complexity index is 972. The summed E-state index contributed by atoms with van der Waals surface area (Å²) in [6.45, 7) is 3.52. The minimum Gasteiger partial charge on any atom is -0.393 e. The number of likely N-dealkylation sites (tertiary alicyclic amines) is 1. The third kappa shape index (κ3) is 5.55. The number of hydrogen-bond acceptors (Lipinski definition) is 6. The summed E-state index contributed by atoms with van der Waals surface area (Å²) in [6, 6.07) is 3.84. The molecular formula is C23H30F3N5O2. The first-order chi connectivity index (χ1) is 15.7. The molecule has 3 N–H and O–H groups in total. The molecule has 2 aliphatic rings. The molecular weight excluding hydrogens is 435 g/mol. The van der Waals surface area contributed by atoms with Crippen LogP contribution >= 0.6 is 0 Å². The fraction of sp³-hybridized carbons (Fsp3) is 0.609. The fourth-order valence-corrected chi connectivity index (χ4v) is 4.90. The number of benzene rings is 1. The van der Waals surface area contributed by atoms with Gasteiger partial charge in [-0.05, 0) is 56.2 Å². The SMILES string of the molecule is CCC(O)C1CCC(N2CC(NC(=O)CNc3ncnc4ccc(C(F)(F)F)cc34)C2)CC1. The molecule has 4 rings (SSSR count). The Balaban J connectivity index is 1.24. The Labute approximate surface area is 190 Å². The third-order valence-electron chi connectivity index (χ3n) is 6.87. The Morgan fingerprint density at radius 3 is 2.61 bits per heavy atom. The van der Waals surface area contributed by atoms with E-state index >= 15 is 0 Å². The summed E-state index contributed by atoms with van der Waals surface area (Å²) in [5, 5.41) is 16.1. The molecule has 0 spiro atoms. The first-order valence-electron chi connectivity index (χ1n) is 11.5. The van der Waals surface area contributed by atoms with Gasteiger partial charge in [0, 0.05) is 24.5 Å². The summed E-state index contributed by atoms with van der Waals surface area (Å²) >= 11 is 0. The predicted octanol–water partition coefficient (Wildman–Crippen LogP) is 3.19. The van der Waals surface area contributed by atoms with Crippen LogP contribution in [0.5, 0.6) is 0 Å². The Morgan fingerprint density at radius 1 is 1.21 bits per heavy atom. The van der Waals surface area contributed by atoms with Crippen LogP contribution in [0.2, 0.25) is 0 Å². The monoisotopic (exact) mass is 465 g/mol. The van der Waals surface area contributed by atoms with Crippen LogP contribution in [0.1, 0.15) is 44.6 Å². The molecule has 1 atom stereocenters. The molecule has 33 heavy (non-hydrogen) atoms. The van der Waals surface area contributed by atoms with E-state index in [1.165, 1.54) is 12.4 Å². The molecule has 1 aromatic carbocycles. The second-order valence-electron chi connectivity index (χ2n) is 9.07. The van der Waals surface area contributed by atoms with Crippen molar-refractivity contribution < 1.29 is 23.1 Å². The van der Waals surface area contributed by atoms with E-state index in [1.54, 1.807) is 0 Å². The topological polar surface area (TPSA) is 90.4 Å². The van der Waals surface area contributed by atoms with Crippen molar-refractivity contribution in [2.75, 3.05) is 25.0 Å². The van der Waals surface area contributed by atoms with Crippen LogP contribution in [-0.2, 0) is 11.0 Å². The second kappa shape index (κ2) is 9.80. The van der Waals surface area contributed by atoms with E-state index in [9.17, 15) is 23.1 Å². The number of fused-ring (bicyclic) bond motifs is 1. The Morgan fingerprint density at radius 2 is 1.94 bits per heavy atom. The number of aromatic nitrogens is 2. The van der Waals surface area contributed by atoms with Gasteiger partial charge in [0.05, 0.1) is 29.8 Å². The summed E-state index contributed by atoms with van der Waals surface area (Å²) < 4.78 is 39.1. The molecule has 1 aromatic heterocycles. The van der Waals surface area contributed by atoms with E-state index in [0.717, 1.165) is 57.3 Å². The van der Waals surface area contributed by atoms with Crippen molar-refractivity contribution in [1.29, 1.82) is 0 Å². The highest BCUT2D eigenvalue weighted by Gasteiger charge is 2.36. The third-order valence-corrected chi connectivity index (χ3v) is 6.87. The molecule has 0 bridgehead atoms. The summed E-state index contributed by atoms with van der Waals surface area (Å²) in [4.78, 5) is 22.8. The van der Waals surface area contributed by atoms with E-state index < -0.39 is 11.7 Å². The lowest BCUT2D eigenvalue weighted by Crippen LogP contribution is -2.63. The molecule has 2 aromatic rings. The number of halogens is 3. The smallest absolute Gasteiger partial charge is 0.393 e. The molecule has 1 aliphatic heterocycles. The number of nitrogens with one attached hydrogen (secondary N) is 2. The van der Waals surface area contributed by atoms with Crippen molar-refractivity contribution >= 4 is 22.6 Å². The number of alkyl halides is 3. The van der Waals surface area contributed by atoms with Gasteiger partial charge in [-0.2, -0.15) is 13.2 Å². The first kappa shape index (κ1) is 23.7. The lowest BCUT2D eigenvalue weighted by atomic mass is 9.80. The largest absolute Gasteiger partial charge is 0.416 e. The normalized spacial score (nSPS) is 23.2. The van der Waals surface area contributed by atoms with Gasteiger partial charge >= 0.3 is 6.18 Å². The summed E-state index contributed by atoms with van der Waals surface area (Å²) in [7, 11) is 0. The molecule has 10 heteroatoms. The van der Waals surface area contributed by atoms with E-state index in [0.29, 0.717) is 17.5 Å². The van der Waals surface area contributed by atoms with Crippen molar-refractivity contribution in [1.82, 2.24) is 20.2 Å². The average Bonchev–Trinajstić information content (AvgIpc) is 2.78. The van der Waals surface area contributed by atoms with Crippen LogP contribution in [0.4, 0.5) is 19.0 Å². The molecule has 2 fully saturated rings. The molecule has 1 saturated heterocycles. The second-order valence-corrected chi connectivity index (χ2v) is 9.07. The van der Waals surface area contributed by atoms with E-state index in [4.69, 9.17) is 0 Å².